The van der Waals surface area contributed by atoms with Gasteiger partial charge in [-0.25, -0.2) is 13.1 Å². The first kappa shape index (κ1) is 28.9. The standard InChI is InChI=1S/C31H35N3O6S/c35-25(19-32-41(39,40)26-14-12-24(13-15-26)33-30(37)21-10-11-21)17-23(16-20-6-2-1-3-7-20)31(38)34-29-27-9-5-4-8-22(27)18-28(29)36/h1-9,12-15,21,23,25,28-29,32,35-36H,10-11,16-19H2,(H,33,37)(H,34,38)/t23-,25+,28-,29+/m1/s1. The third-order valence-electron chi connectivity index (χ3n) is 7.64. The van der Waals surface area contributed by atoms with Crippen LogP contribution in [0.5, 0.6) is 0 Å². The molecular formula is C31H35N3O6S. The number of benzene rings is 3. The van der Waals surface area contributed by atoms with Gasteiger partial charge in [-0.2, -0.15) is 0 Å². The number of aliphatic hydroxyl groups is 2. The zero-order valence-electron chi connectivity index (χ0n) is 22.6. The first-order valence-electron chi connectivity index (χ1n) is 13.9. The zero-order chi connectivity index (χ0) is 29.0. The largest absolute Gasteiger partial charge is 0.392 e. The maximum Gasteiger partial charge on any atom is 0.240 e. The maximum absolute atomic E-state index is 13.5. The van der Waals surface area contributed by atoms with Crippen molar-refractivity contribution < 1.29 is 28.2 Å². The third kappa shape index (κ3) is 7.39. The molecule has 10 heteroatoms. The normalized spacial score (nSPS) is 19.7. The minimum Gasteiger partial charge on any atom is -0.392 e. The summed E-state index contributed by atoms with van der Waals surface area (Å²) < 4.78 is 28.2. The Bertz CT molecular complexity index is 1480. The van der Waals surface area contributed by atoms with Crippen LogP contribution in [0.1, 0.15) is 42.0 Å². The number of amides is 2. The Morgan fingerprint density at radius 2 is 1.61 bits per heavy atom. The molecule has 0 aromatic heterocycles. The number of rotatable bonds is 12. The van der Waals surface area contributed by atoms with Gasteiger partial charge in [-0.3, -0.25) is 9.59 Å². The molecule has 0 saturated heterocycles. The molecule has 5 rings (SSSR count). The molecule has 3 aromatic rings. The lowest BCUT2D eigenvalue weighted by molar-refractivity contribution is -0.127. The van der Waals surface area contributed by atoms with E-state index in [1.807, 2.05) is 54.6 Å². The fourth-order valence-electron chi connectivity index (χ4n) is 5.21. The van der Waals surface area contributed by atoms with Gasteiger partial charge in [0.25, 0.3) is 0 Å². The molecule has 3 aromatic carbocycles. The number of aliphatic hydroxyl groups excluding tert-OH is 2. The van der Waals surface area contributed by atoms with E-state index in [1.165, 1.54) is 24.3 Å². The van der Waals surface area contributed by atoms with Gasteiger partial charge < -0.3 is 20.8 Å². The highest BCUT2D eigenvalue weighted by molar-refractivity contribution is 7.89. The second-order valence-electron chi connectivity index (χ2n) is 10.9. The van der Waals surface area contributed by atoms with Gasteiger partial charge in [0.1, 0.15) is 0 Å². The summed E-state index contributed by atoms with van der Waals surface area (Å²) in [6.45, 7) is -0.282. The van der Waals surface area contributed by atoms with E-state index >= 15 is 0 Å². The molecule has 41 heavy (non-hydrogen) atoms. The van der Waals surface area contributed by atoms with E-state index in [0.717, 1.165) is 29.5 Å². The molecule has 0 radical (unpaired) electrons. The Morgan fingerprint density at radius 3 is 2.32 bits per heavy atom. The van der Waals surface area contributed by atoms with Crippen LogP contribution in [0.2, 0.25) is 0 Å². The molecule has 2 amide bonds. The lowest BCUT2D eigenvalue weighted by Crippen LogP contribution is -2.41. The number of hydrogen-bond donors (Lipinski definition) is 5. The van der Waals surface area contributed by atoms with Crippen LogP contribution in [0.3, 0.4) is 0 Å². The van der Waals surface area contributed by atoms with Crippen LogP contribution in [-0.2, 0) is 32.5 Å². The fourth-order valence-corrected chi connectivity index (χ4v) is 6.28. The SMILES string of the molecule is O=C(Nc1ccc(S(=O)(=O)NC[C@@H](O)C[C@@H](Cc2ccccc2)C(=O)N[C@H]2c3ccccc3C[C@H]2O)cc1)C1CC1. The zero-order valence-corrected chi connectivity index (χ0v) is 23.4. The van der Waals surface area contributed by atoms with Crippen molar-refractivity contribution in [2.45, 2.75) is 55.2 Å². The van der Waals surface area contributed by atoms with Gasteiger partial charge in [0.15, 0.2) is 0 Å². The summed E-state index contributed by atoms with van der Waals surface area (Å²) in [6.07, 6.45) is 0.655. The lowest BCUT2D eigenvalue weighted by Gasteiger charge is -2.24. The van der Waals surface area contributed by atoms with Crippen molar-refractivity contribution in [3.8, 4) is 0 Å². The average molecular weight is 578 g/mol. The van der Waals surface area contributed by atoms with Crippen LogP contribution in [0.15, 0.2) is 83.8 Å². The molecule has 0 aliphatic heterocycles. The summed E-state index contributed by atoms with van der Waals surface area (Å²) in [5.74, 6) is -1.01. The smallest absolute Gasteiger partial charge is 0.240 e. The molecule has 5 N–H and O–H groups in total. The Morgan fingerprint density at radius 1 is 0.927 bits per heavy atom. The molecule has 4 atom stereocenters. The number of carbonyl (C=O) groups excluding carboxylic acids is 2. The number of fused-ring (bicyclic) bond motifs is 1. The van der Waals surface area contributed by atoms with Gasteiger partial charge in [0.05, 0.1) is 23.1 Å². The number of nitrogens with one attached hydrogen (secondary N) is 3. The molecule has 2 aliphatic carbocycles. The van der Waals surface area contributed by atoms with Gasteiger partial charge in [0, 0.05) is 30.5 Å². The predicted octanol–water partition coefficient (Wildman–Crippen LogP) is 2.70. The van der Waals surface area contributed by atoms with E-state index in [4.69, 9.17) is 0 Å². The summed E-state index contributed by atoms with van der Waals surface area (Å²) in [5.41, 5.74) is 3.28. The number of anilines is 1. The highest BCUT2D eigenvalue weighted by Crippen LogP contribution is 2.32. The highest BCUT2D eigenvalue weighted by atomic mass is 32.2. The molecule has 0 bridgehead atoms. The van der Waals surface area contributed by atoms with Crippen molar-refractivity contribution >= 4 is 27.5 Å². The molecule has 0 unspecified atom stereocenters. The second kappa shape index (κ2) is 12.5. The average Bonchev–Trinajstić information content (AvgIpc) is 3.77. The van der Waals surface area contributed by atoms with E-state index in [2.05, 4.69) is 15.4 Å². The van der Waals surface area contributed by atoms with Crippen LogP contribution in [0, 0.1) is 11.8 Å². The van der Waals surface area contributed by atoms with Crippen LogP contribution >= 0.6 is 0 Å². The molecule has 0 heterocycles. The predicted molar refractivity (Wildman–Crippen MR) is 154 cm³/mol. The molecule has 9 nitrogen and oxygen atoms in total. The quantitative estimate of drug-likeness (QED) is 0.224. The number of carbonyl (C=O) groups is 2. The van der Waals surface area contributed by atoms with Crippen LogP contribution in [-0.4, -0.2) is 49.2 Å². The Hall–Kier alpha value is -3.57. The van der Waals surface area contributed by atoms with Crippen molar-refractivity contribution in [2.75, 3.05) is 11.9 Å². The molecule has 2 aliphatic rings. The van der Waals surface area contributed by atoms with Gasteiger partial charge >= 0.3 is 0 Å². The summed E-state index contributed by atoms with van der Waals surface area (Å²) in [5, 5.41) is 27.2. The van der Waals surface area contributed by atoms with Crippen LogP contribution < -0.4 is 15.4 Å². The van der Waals surface area contributed by atoms with Crippen LogP contribution in [0.25, 0.3) is 0 Å². The van der Waals surface area contributed by atoms with Gasteiger partial charge in [0.2, 0.25) is 21.8 Å². The second-order valence-corrected chi connectivity index (χ2v) is 12.6. The Kier molecular flexibility index (Phi) is 8.84. The molecular weight excluding hydrogens is 542 g/mol. The first-order valence-corrected chi connectivity index (χ1v) is 15.4. The molecule has 1 saturated carbocycles. The summed E-state index contributed by atoms with van der Waals surface area (Å²) in [6, 6.07) is 22.3. The third-order valence-corrected chi connectivity index (χ3v) is 9.08. The summed E-state index contributed by atoms with van der Waals surface area (Å²) >= 11 is 0. The minimum absolute atomic E-state index is 0.00147. The van der Waals surface area contributed by atoms with E-state index in [9.17, 15) is 28.2 Å². The van der Waals surface area contributed by atoms with Crippen molar-refractivity contribution in [1.29, 1.82) is 0 Å². The van der Waals surface area contributed by atoms with E-state index in [1.54, 1.807) is 0 Å². The number of hydrogen-bond acceptors (Lipinski definition) is 6. The summed E-state index contributed by atoms with van der Waals surface area (Å²) in [4.78, 5) is 25.4. The van der Waals surface area contributed by atoms with Crippen molar-refractivity contribution in [3.05, 3.63) is 95.6 Å². The fraction of sp³-hybridized carbons (Fsp3) is 0.355. The lowest BCUT2D eigenvalue weighted by atomic mass is 9.92. The Labute approximate surface area is 240 Å². The van der Waals surface area contributed by atoms with Crippen molar-refractivity contribution in [2.24, 2.45) is 11.8 Å². The van der Waals surface area contributed by atoms with Gasteiger partial charge in [-0.05, 0) is 66.6 Å². The topological polar surface area (TPSA) is 145 Å². The van der Waals surface area contributed by atoms with Gasteiger partial charge in [-0.1, -0.05) is 54.6 Å². The van der Waals surface area contributed by atoms with E-state index in [0.29, 0.717) is 18.5 Å². The molecule has 0 spiro atoms. The first-order chi connectivity index (χ1) is 19.7. The minimum atomic E-state index is -3.94. The Balaban J connectivity index is 1.21. The van der Waals surface area contributed by atoms with E-state index < -0.39 is 34.2 Å². The van der Waals surface area contributed by atoms with Crippen molar-refractivity contribution in [1.82, 2.24) is 10.0 Å². The van der Waals surface area contributed by atoms with Crippen LogP contribution in [0.4, 0.5) is 5.69 Å². The summed E-state index contributed by atoms with van der Waals surface area (Å²) in [7, 11) is -3.94. The van der Waals surface area contributed by atoms with Gasteiger partial charge in [-0.15, -0.1) is 0 Å². The van der Waals surface area contributed by atoms with E-state index in [-0.39, 0.29) is 35.6 Å². The molecule has 216 valence electrons. The monoisotopic (exact) mass is 577 g/mol. The number of sulfonamides is 1. The highest BCUT2D eigenvalue weighted by Gasteiger charge is 2.34. The molecule has 1 fully saturated rings. The van der Waals surface area contributed by atoms with Crippen molar-refractivity contribution in [3.63, 3.8) is 0 Å². The maximum atomic E-state index is 13.5.